The van der Waals surface area contributed by atoms with Gasteiger partial charge in [-0.1, -0.05) is 91.0 Å². The van der Waals surface area contributed by atoms with Gasteiger partial charge in [-0.15, -0.1) is 0 Å². The Morgan fingerprint density at radius 3 is 1.85 bits per heavy atom. The molecule has 3 aromatic heterocycles. The zero-order valence-electron chi connectivity index (χ0n) is 18.5. The normalized spacial score (nSPS) is 11.6. The van der Waals surface area contributed by atoms with Crippen molar-refractivity contribution >= 4 is 16.7 Å². The molecule has 5 heteroatoms. The lowest BCUT2D eigenvalue weighted by Crippen LogP contribution is -2.38. The average molecular weight is 442 g/mol. The van der Waals surface area contributed by atoms with Crippen molar-refractivity contribution in [3.05, 3.63) is 139 Å². The maximum absolute atomic E-state index is 6.04. The molecule has 0 amide bonds. The van der Waals surface area contributed by atoms with Crippen LogP contribution < -0.4 is 5.73 Å². The lowest BCUT2D eigenvalue weighted by molar-refractivity contribution is 0.460. The van der Waals surface area contributed by atoms with Gasteiger partial charge in [0.05, 0.1) is 18.1 Å². The molecule has 3 N–H and O–H groups in total. The Morgan fingerprint density at radius 2 is 1.29 bits per heavy atom. The van der Waals surface area contributed by atoms with E-state index in [2.05, 4.69) is 93.6 Å². The summed E-state index contributed by atoms with van der Waals surface area (Å²) < 4.78 is 2.07. The topological polar surface area (TPSA) is 72.5 Å². The van der Waals surface area contributed by atoms with Crippen LogP contribution in [0.3, 0.4) is 0 Å². The molecule has 164 valence electrons. The first-order valence-electron chi connectivity index (χ1n) is 11.2. The van der Waals surface area contributed by atoms with E-state index in [9.17, 15) is 0 Å². The van der Waals surface area contributed by atoms with Gasteiger partial charge in [-0.05, 0) is 22.8 Å². The number of hydrogen-bond donors (Lipinski definition) is 2. The molecule has 6 rings (SSSR count). The van der Waals surface area contributed by atoms with Crippen molar-refractivity contribution < 1.29 is 0 Å². The number of fused-ring (bicyclic) bond motifs is 1. The molecule has 0 radical (unpaired) electrons. The molecule has 0 saturated heterocycles. The molecular formula is C29H23N5. The monoisotopic (exact) mass is 441 g/mol. The maximum atomic E-state index is 6.04. The summed E-state index contributed by atoms with van der Waals surface area (Å²) >= 11 is 0. The number of aromatic nitrogens is 4. The van der Waals surface area contributed by atoms with Crippen molar-refractivity contribution in [3.63, 3.8) is 0 Å². The van der Waals surface area contributed by atoms with E-state index in [1.165, 1.54) is 0 Å². The summed E-state index contributed by atoms with van der Waals surface area (Å²) in [5, 5.41) is 5.93. The van der Waals surface area contributed by atoms with Crippen LogP contribution in [0.2, 0.25) is 0 Å². The Balaban J connectivity index is 1.63. The molecule has 0 fully saturated rings. The minimum atomic E-state index is -0.647. The van der Waals surface area contributed by atoms with Crippen LogP contribution in [0.4, 0.5) is 5.69 Å². The van der Waals surface area contributed by atoms with Gasteiger partial charge in [-0.2, -0.15) is 5.10 Å². The summed E-state index contributed by atoms with van der Waals surface area (Å²) in [6.45, 7) is 0. The Morgan fingerprint density at radius 1 is 0.735 bits per heavy atom. The van der Waals surface area contributed by atoms with E-state index in [1.54, 1.807) is 6.20 Å². The van der Waals surface area contributed by atoms with Crippen LogP contribution in [0.1, 0.15) is 16.7 Å². The molecule has 0 spiro atoms. The highest BCUT2D eigenvalue weighted by Gasteiger charge is 2.39. The largest absolute Gasteiger partial charge is 0.397 e. The summed E-state index contributed by atoms with van der Waals surface area (Å²) in [6.07, 6.45) is 7.65. The predicted octanol–water partition coefficient (Wildman–Crippen LogP) is 5.85. The lowest BCUT2D eigenvalue weighted by atomic mass is 9.77. The van der Waals surface area contributed by atoms with Gasteiger partial charge in [0.15, 0.2) is 0 Å². The number of benzene rings is 3. The van der Waals surface area contributed by atoms with E-state index in [-0.39, 0.29) is 0 Å². The highest BCUT2D eigenvalue weighted by molar-refractivity contribution is 5.94. The number of nitrogens with one attached hydrogen (secondary N) is 1. The smallest absolute Gasteiger partial charge is 0.138 e. The highest BCUT2D eigenvalue weighted by atomic mass is 15.3. The fraction of sp³-hybridized carbons (Fsp3) is 0.0345. The van der Waals surface area contributed by atoms with Gasteiger partial charge in [-0.25, -0.2) is 4.98 Å². The van der Waals surface area contributed by atoms with Crippen molar-refractivity contribution in [2.75, 3.05) is 5.73 Å². The number of pyridine rings is 1. The maximum Gasteiger partial charge on any atom is 0.138 e. The SMILES string of the molecule is Nc1cnc2[nH]cc(-c3cnn(C(c4ccccc4)(c4ccccc4)c4ccccc4)c3)c2c1. The molecule has 0 aliphatic rings. The number of nitrogen functional groups attached to an aromatic ring is 1. The minimum Gasteiger partial charge on any atom is -0.397 e. The van der Waals surface area contributed by atoms with Gasteiger partial charge < -0.3 is 10.7 Å². The summed E-state index contributed by atoms with van der Waals surface area (Å²) in [4.78, 5) is 7.67. The van der Waals surface area contributed by atoms with E-state index in [0.29, 0.717) is 5.69 Å². The molecule has 0 aliphatic carbocycles. The van der Waals surface area contributed by atoms with Gasteiger partial charge in [0.25, 0.3) is 0 Å². The molecule has 6 aromatic rings. The van der Waals surface area contributed by atoms with Crippen molar-refractivity contribution in [1.29, 1.82) is 0 Å². The summed E-state index contributed by atoms with van der Waals surface area (Å²) in [6, 6.07) is 33.5. The van der Waals surface area contributed by atoms with E-state index in [0.717, 1.165) is 38.9 Å². The number of rotatable bonds is 5. The Labute approximate surface area is 197 Å². The van der Waals surface area contributed by atoms with Gasteiger partial charge in [0.2, 0.25) is 0 Å². The molecule has 0 aliphatic heterocycles. The minimum absolute atomic E-state index is 0.632. The Kier molecular flexibility index (Phi) is 4.73. The molecule has 0 bridgehead atoms. The number of H-pyrrole nitrogens is 1. The van der Waals surface area contributed by atoms with E-state index >= 15 is 0 Å². The number of nitrogens with zero attached hydrogens (tertiary/aromatic N) is 3. The first kappa shape index (κ1) is 20.0. The zero-order valence-corrected chi connectivity index (χ0v) is 18.5. The molecule has 0 saturated carbocycles. The van der Waals surface area contributed by atoms with Crippen molar-refractivity contribution in [3.8, 4) is 11.1 Å². The molecular weight excluding hydrogens is 418 g/mol. The first-order valence-corrected chi connectivity index (χ1v) is 11.2. The first-order chi connectivity index (χ1) is 16.8. The average Bonchev–Trinajstić information content (AvgIpc) is 3.54. The van der Waals surface area contributed by atoms with Gasteiger partial charge in [0, 0.05) is 28.9 Å². The van der Waals surface area contributed by atoms with E-state index < -0.39 is 5.54 Å². The highest BCUT2D eigenvalue weighted by Crippen LogP contribution is 2.41. The van der Waals surface area contributed by atoms with Crippen molar-refractivity contribution in [2.24, 2.45) is 0 Å². The molecule has 0 atom stereocenters. The van der Waals surface area contributed by atoms with Crippen LogP contribution in [0, 0.1) is 0 Å². The molecule has 0 unspecified atom stereocenters. The number of aromatic amines is 1. The van der Waals surface area contributed by atoms with Crippen LogP contribution >= 0.6 is 0 Å². The standard InChI is InChI=1S/C29H23N5/c30-25-16-26-27(19-32-28(26)31-18-25)21-17-33-34(20-21)29(22-10-4-1-5-11-22,23-12-6-2-7-13-23)24-14-8-3-9-15-24/h1-20H,30H2,(H,31,32). The van der Waals surface area contributed by atoms with Gasteiger partial charge in [-0.3, -0.25) is 4.68 Å². The second-order valence-electron chi connectivity index (χ2n) is 8.35. The van der Waals surface area contributed by atoms with Crippen LogP contribution in [0.5, 0.6) is 0 Å². The molecule has 3 heterocycles. The second kappa shape index (κ2) is 8.05. The Bertz CT molecular complexity index is 1450. The third-order valence-electron chi connectivity index (χ3n) is 6.36. The molecule has 3 aromatic carbocycles. The van der Waals surface area contributed by atoms with Crippen LogP contribution in [-0.2, 0) is 5.54 Å². The van der Waals surface area contributed by atoms with Crippen LogP contribution in [0.15, 0.2) is 122 Å². The fourth-order valence-corrected chi connectivity index (χ4v) is 4.84. The Hall–Kier alpha value is -4.64. The predicted molar refractivity (Wildman–Crippen MR) is 136 cm³/mol. The van der Waals surface area contributed by atoms with E-state index in [4.69, 9.17) is 10.8 Å². The third kappa shape index (κ3) is 3.10. The lowest BCUT2D eigenvalue weighted by Gasteiger charge is -2.36. The van der Waals surface area contributed by atoms with Crippen molar-refractivity contribution in [1.82, 2.24) is 19.7 Å². The summed E-state index contributed by atoms with van der Waals surface area (Å²) in [5.41, 5.74) is 12.2. The van der Waals surface area contributed by atoms with Crippen molar-refractivity contribution in [2.45, 2.75) is 5.54 Å². The second-order valence-corrected chi connectivity index (χ2v) is 8.35. The van der Waals surface area contributed by atoms with E-state index in [1.807, 2.05) is 36.7 Å². The number of hydrogen-bond acceptors (Lipinski definition) is 3. The van der Waals surface area contributed by atoms with Gasteiger partial charge in [0.1, 0.15) is 11.2 Å². The zero-order chi connectivity index (χ0) is 23.0. The van der Waals surface area contributed by atoms with Crippen LogP contribution in [0.25, 0.3) is 22.2 Å². The summed E-state index contributed by atoms with van der Waals surface area (Å²) in [5.74, 6) is 0. The fourth-order valence-electron chi connectivity index (χ4n) is 4.84. The summed E-state index contributed by atoms with van der Waals surface area (Å²) in [7, 11) is 0. The number of nitrogens with two attached hydrogens (primary N) is 1. The number of anilines is 1. The molecule has 5 nitrogen and oxygen atoms in total. The quantitative estimate of drug-likeness (QED) is 0.330. The van der Waals surface area contributed by atoms with Crippen LogP contribution in [-0.4, -0.2) is 19.7 Å². The third-order valence-corrected chi connectivity index (χ3v) is 6.36. The van der Waals surface area contributed by atoms with Gasteiger partial charge >= 0.3 is 0 Å². The molecule has 34 heavy (non-hydrogen) atoms.